The van der Waals surface area contributed by atoms with Crippen LogP contribution >= 0.6 is 19.7 Å². The lowest BCUT2D eigenvalue weighted by Gasteiger charge is -2.29. The fraction of sp³-hybridized carbons (Fsp3) is 0.483. The third-order valence-electron chi connectivity index (χ3n) is 7.07. The third kappa shape index (κ3) is 7.14. The molecule has 2 aliphatic rings. The summed E-state index contributed by atoms with van der Waals surface area (Å²) in [6.07, 6.45) is 8.01. The lowest BCUT2D eigenvalue weighted by molar-refractivity contribution is -0.136. The van der Waals surface area contributed by atoms with Crippen molar-refractivity contribution in [3.8, 4) is 0 Å². The minimum absolute atomic E-state index is 0.0931. The van der Waals surface area contributed by atoms with Gasteiger partial charge in [-0.05, 0) is 67.4 Å². The summed E-state index contributed by atoms with van der Waals surface area (Å²) in [7, 11) is -0.0931. The summed E-state index contributed by atoms with van der Waals surface area (Å²) in [4.78, 5) is 39.5. The molecule has 2 aromatic carbocycles. The van der Waals surface area contributed by atoms with E-state index in [9.17, 15) is 14.4 Å². The van der Waals surface area contributed by atoms with E-state index >= 15 is 0 Å². The van der Waals surface area contributed by atoms with Crippen molar-refractivity contribution in [2.75, 3.05) is 30.9 Å². The second kappa shape index (κ2) is 13.4. The number of nitrogens with zero attached hydrogens (tertiary/aromatic N) is 1. The Bertz CT molecular complexity index is 1120. The van der Waals surface area contributed by atoms with Gasteiger partial charge in [0.2, 0.25) is 11.8 Å². The Hall–Kier alpha value is -2.37. The van der Waals surface area contributed by atoms with Gasteiger partial charge in [0.05, 0.1) is 0 Å². The Labute approximate surface area is 226 Å². The van der Waals surface area contributed by atoms with Crippen LogP contribution in [0.4, 0.5) is 5.69 Å². The number of nitrogens with one attached hydrogen (secondary N) is 2. The molecule has 2 heterocycles. The zero-order chi connectivity index (χ0) is 26.2. The van der Waals surface area contributed by atoms with Gasteiger partial charge in [-0.1, -0.05) is 57.9 Å². The van der Waals surface area contributed by atoms with E-state index in [1.54, 1.807) is 4.90 Å². The largest absolute Gasteiger partial charge is 0.385 e. The molecule has 198 valence electrons. The third-order valence-corrected chi connectivity index (χ3v) is 9.61. The lowest BCUT2D eigenvalue weighted by atomic mass is 10.0. The van der Waals surface area contributed by atoms with Gasteiger partial charge in [0, 0.05) is 35.7 Å². The van der Waals surface area contributed by atoms with Crippen LogP contribution in [-0.2, 0) is 16.1 Å². The van der Waals surface area contributed by atoms with Crippen LogP contribution in [0.15, 0.2) is 47.4 Å². The molecular weight excluding hydrogens is 501 g/mol. The predicted octanol–water partition coefficient (Wildman–Crippen LogP) is 5.36. The fourth-order valence-corrected chi connectivity index (χ4v) is 7.16. The molecule has 0 radical (unpaired) electrons. The van der Waals surface area contributed by atoms with Crippen molar-refractivity contribution in [1.29, 1.82) is 0 Å². The molecule has 2 aromatic rings. The highest BCUT2D eigenvalue weighted by atomic mass is 32.2. The number of hydrogen-bond donors (Lipinski definition) is 2. The first kappa shape index (κ1) is 27.7. The van der Waals surface area contributed by atoms with Crippen molar-refractivity contribution in [3.05, 3.63) is 53.6 Å². The highest BCUT2D eigenvalue weighted by Gasteiger charge is 2.39. The van der Waals surface area contributed by atoms with Gasteiger partial charge in [-0.15, -0.1) is 11.8 Å². The molecule has 1 fully saturated rings. The summed E-state index contributed by atoms with van der Waals surface area (Å²) in [5.74, 6) is 0.309. The molecule has 1 atom stereocenters. The summed E-state index contributed by atoms with van der Waals surface area (Å²) in [6.45, 7) is 6.08. The standard InChI is InChI=1S/C29H38N3O3PS/c1-36(2)25-14-8-7-13-23(25)30-18-9-5-3-4-6-10-19-37-26-15-11-12-21-22(26)20-32(29(21)35)24-16-17-27(33)31-28(24)34/h7-8,11-15,24,30H,3-6,9-10,16-20H2,1-2H3,(H,31,33,34). The topological polar surface area (TPSA) is 78.5 Å². The lowest BCUT2D eigenvalue weighted by Crippen LogP contribution is -2.52. The van der Waals surface area contributed by atoms with Gasteiger partial charge in [-0.2, -0.15) is 0 Å². The molecular formula is C29H38N3O3PS. The first-order valence-electron chi connectivity index (χ1n) is 13.4. The molecule has 3 amide bonds. The Balaban J connectivity index is 1.13. The average Bonchev–Trinajstić information content (AvgIpc) is 3.22. The first-order valence-corrected chi connectivity index (χ1v) is 16.6. The molecule has 0 aromatic heterocycles. The summed E-state index contributed by atoms with van der Waals surface area (Å²) < 4.78 is 0. The number of carbonyl (C=O) groups is 3. The zero-order valence-corrected chi connectivity index (χ0v) is 23.6. The van der Waals surface area contributed by atoms with Gasteiger partial charge < -0.3 is 10.2 Å². The number of fused-ring (bicyclic) bond motifs is 1. The Morgan fingerprint density at radius 3 is 2.51 bits per heavy atom. The normalized spacial score (nSPS) is 17.3. The summed E-state index contributed by atoms with van der Waals surface area (Å²) in [6, 6.07) is 14.0. The minimum Gasteiger partial charge on any atom is -0.385 e. The van der Waals surface area contributed by atoms with Gasteiger partial charge in [-0.25, -0.2) is 0 Å². The number of imide groups is 1. The highest BCUT2D eigenvalue weighted by Crippen LogP contribution is 2.35. The number of thioether (sulfide) groups is 1. The van der Waals surface area contributed by atoms with Crippen LogP contribution in [0, 0.1) is 0 Å². The summed E-state index contributed by atoms with van der Waals surface area (Å²) in [5, 5.41) is 7.45. The van der Waals surface area contributed by atoms with Crippen LogP contribution in [0.5, 0.6) is 0 Å². The van der Waals surface area contributed by atoms with Gasteiger partial charge in [0.15, 0.2) is 0 Å². The highest BCUT2D eigenvalue weighted by molar-refractivity contribution is 7.99. The maximum absolute atomic E-state index is 13.0. The van der Waals surface area contributed by atoms with E-state index in [1.165, 1.54) is 43.1 Å². The number of carbonyl (C=O) groups excluding carboxylic acids is 3. The van der Waals surface area contributed by atoms with E-state index < -0.39 is 6.04 Å². The van der Waals surface area contributed by atoms with Crippen molar-refractivity contribution < 1.29 is 14.4 Å². The van der Waals surface area contributed by atoms with Crippen LogP contribution in [-0.4, -0.2) is 54.3 Å². The van der Waals surface area contributed by atoms with Crippen molar-refractivity contribution in [1.82, 2.24) is 10.2 Å². The molecule has 0 spiro atoms. The van der Waals surface area contributed by atoms with Crippen molar-refractivity contribution in [2.45, 2.75) is 68.8 Å². The predicted molar refractivity (Wildman–Crippen MR) is 154 cm³/mol. The Morgan fingerprint density at radius 2 is 1.73 bits per heavy atom. The van der Waals surface area contributed by atoms with Crippen LogP contribution < -0.4 is 15.9 Å². The summed E-state index contributed by atoms with van der Waals surface area (Å²) in [5.41, 5.74) is 3.01. The van der Waals surface area contributed by atoms with Crippen molar-refractivity contribution in [2.24, 2.45) is 0 Å². The second-order valence-electron chi connectivity index (χ2n) is 9.99. The Morgan fingerprint density at radius 1 is 0.973 bits per heavy atom. The molecule has 0 saturated carbocycles. The van der Waals surface area contributed by atoms with E-state index in [1.807, 2.05) is 23.9 Å². The summed E-state index contributed by atoms with van der Waals surface area (Å²) >= 11 is 1.81. The SMILES string of the molecule is CP(C)c1ccccc1NCCCCCCCCSc1cccc2c1CN(C1CCC(=O)NC1=O)C2=O. The van der Waals surface area contributed by atoms with Crippen LogP contribution in [0.3, 0.4) is 0 Å². The van der Waals surface area contributed by atoms with Crippen molar-refractivity contribution in [3.63, 3.8) is 0 Å². The number of unbranched alkanes of at least 4 members (excludes halogenated alkanes) is 5. The van der Waals surface area contributed by atoms with E-state index in [0.717, 1.165) is 29.2 Å². The molecule has 4 rings (SSSR count). The molecule has 0 bridgehead atoms. The molecule has 2 N–H and O–H groups in total. The average molecular weight is 540 g/mol. The van der Waals surface area contributed by atoms with Crippen LogP contribution in [0.25, 0.3) is 0 Å². The number of para-hydroxylation sites is 1. The molecule has 1 unspecified atom stereocenters. The monoisotopic (exact) mass is 539 g/mol. The number of benzene rings is 2. The smallest absolute Gasteiger partial charge is 0.255 e. The molecule has 1 saturated heterocycles. The van der Waals surface area contributed by atoms with E-state index in [0.29, 0.717) is 18.5 Å². The maximum Gasteiger partial charge on any atom is 0.255 e. The van der Waals surface area contributed by atoms with Crippen LogP contribution in [0.1, 0.15) is 67.3 Å². The Kier molecular flexibility index (Phi) is 10.0. The molecule has 8 heteroatoms. The van der Waals surface area contributed by atoms with Gasteiger partial charge in [0.1, 0.15) is 6.04 Å². The fourth-order valence-electron chi connectivity index (χ4n) is 5.04. The number of rotatable bonds is 13. The van der Waals surface area contributed by atoms with E-state index in [2.05, 4.69) is 54.3 Å². The second-order valence-corrected chi connectivity index (χ2v) is 13.4. The number of anilines is 1. The van der Waals surface area contributed by atoms with E-state index in [-0.39, 0.29) is 32.1 Å². The van der Waals surface area contributed by atoms with Crippen LogP contribution in [0.2, 0.25) is 0 Å². The number of hydrogen-bond acceptors (Lipinski definition) is 5. The van der Waals surface area contributed by atoms with Gasteiger partial charge >= 0.3 is 0 Å². The number of amides is 3. The van der Waals surface area contributed by atoms with E-state index in [4.69, 9.17) is 0 Å². The van der Waals surface area contributed by atoms with Gasteiger partial charge in [0.25, 0.3) is 5.91 Å². The molecule has 2 aliphatic heterocycles. The quantitative estimate of drug-likeness (QED) is 0.155. The number of piperidine rings is 1. The molecule has 0 aliphatic carbocycles. The van der Waals surface area contributed by atoms with Gasteiger partial charge in [-0.3, -0.25) is 19.7 Å². The molecule has 6 nitrogen and oxygen atoms in total. The minimum atomic E-state index is -0.559. The maximum atomic E-state index is 13.0. The van der Waals surface area contributed by atoms with Crippen molar-refractivity contribution >= 4 is 48.4 Å². The molecule has 37 heavy (non-hydrogen) atoms. The zero-order valence-electron chi connectivity index (χ0n) is 21.9. The first-order chi connectivity index (χ1) is 18.0.